The number of likely N-dealkylation sites (tertiary alicyclic amines) is 1. The fourth-order valence-corrected chi connectivity index (χ4v) is 5.52. The van der Waals surface area contributed by atoms with E-state index in [1.165, 1.54) is 43.4 Å². The predicted molar refractivity (Wildman–Crippen MR) is 104 cm³/mol. The van der Waals surface area contributed by atoms with E-state index in [1.54, 1.807) is 6.20 Å². The van der Waals surface area contributed by atoms with Gasteiger partial charge in [0.05, 0.1) is 17.3 Å². The van der Waals surface area contributed by atoms with Crippen LogP contribution in [-0.4, -0.2) is 57.4 Å². The first-order chi connectivity index (χ1) is 13.1. The van der Waals surface area contributed by atoms with Gasteiger partial charge >= 0.3 is 0 Å². The first kappa shape index (κ1) is 16.9. The van der Waals surface area contributed by atoms with Crippen LogP contribution in [0.5, 0.6) is 0 Å². The largest absolute Gasteiger partial charge is 0.333 e. The Bertz CT molecular complexity index is 857. The van der Waals surface area contributed by atoms with Gasteiger partial charge in [-0.1, -0.05) is 29.8 Å². The lowest BCUT2D eigenvalue weighted by Gasteiger charge is -2.51. The third-order valence-corrected chi connectivity index (χ3v) is 6.90. The maximum Gasteiger partial charge on any atom is 0.257 e. The molecule has 0 spiro atoms. The molecule has 5 nitrogen and oxygen atoms in total. The highest BCUT2D eigenvalue weighted by atomic mass is 16.2. The summed E-state index contributed by atoms with van der Waals surface area (Å²) in [6.45, 7) is 7.16. The minimum atomic E-state index is 0.103. The molecule has 4 aliphatic rings. The molecular weight excluding hydrogens is 336 g/mol. The number of benzene rings is 1. The molecular formula is C22H26N4O. The van der Waals surface area contributed by atoms with Crippen molar-refractivity contribution in [2.24, 2.45) is 5.92 Å². The summed E-state index contributed by atoms with van der Waals surface area (Å²) in [6.07, 6.45) is 5.61. The van der Waals surface area contributed by atoms with Gasteiger partial charge in [0, 0.05) is 24.7 Å². The van der Waals surface area contributed by atoms with E-state index >= 15 is 0 Å². The van der Waals surface area contributed by atoms with Crippen molar-refractivity contribution in [2.75, 3.05) is 19.6 Å². The van der Waals surface area contributed by atoms with Crippen LogP contribution in [0.4, 0.5) is 0 Å². The van der Waals surface area contributed by atoms with E-state index in [0.29, 0.717) is 29.5 Å². The molecule has 0 radical (unpaired) electrons. The van der Waals surface area contributed by atoms with E-state index in [1.807, 2.05) is 6.92 Å². The summed E-state index contributed by atoms with van der Waals surface area (Å²) in [5.74, 6) is 1.10. The van der Waals surface area contributed by atoms with E-state index < -0.39 is 0 Å². The van der Waals surface area contributed by atoms with Crippen LogP contribution in [0.3, 0.4) is 0 Å². The number of amides is 1. The van der Waals surface area contributed by atoms with E-state index in [2.05, 4.69) is 51.0 Å². The highest BCUT2D eigenvalue weighted by molar-refractivity contribution is 5.95. The Morgan fingerprint density at radius 1 is 1.07 bits per heavy atom. The van der Waals surface area contributed by atoms with Crippen molar-refractivity contribution in [2.45, 2.75) is 44.7 Å². The zero-order chi connectivity index (χ0) is 18.5. The Morgan fingerprint density at radius 3 is 2.52 bits per heavy atom. The van der Waals surface area contributed by atoms with Crippen LogP contribution >= 0.6 is 0 Å². The molecule has 0 saturated carbocycles. The summed E-state index contributed by atoms with van der Waals surface area (Å²) in [5, 5.41) is 0. The monoisotopic (exact) mass is 362 g/mol. The van der Waals surface area contributed by atoms with Gasteiger partial charge in [-0.15, -0.1) is 0 Å². The van der Waals surface area contributed by atoms with E-state index in [0.717, 1.165) is 12.2 Å². The van der Waals surface area contributed by atoms with Crippen molar-refractivity contribution in [3.63, 3.8) is 0 Å². The lowest BCUT2D eigenvalue weighted by molar-refractivity contribution is -0.00345. The summed E-state index contributed by atoms with van der Waals surface area (Å²) in [5.41, 5.74) is 4.06. The fraction of sp³-hybridized carbons (Fsp3) is 0.500. The number of carbonyl (C=O) groups is 1. The van der Waals surface area contributed by atoms with E-state index in [-0.39, 0.29) is 5.91 Å². The molecule has 5 heterocycles. The third-order valence-electron chi connectivity index (χ3n) is 6.90. The second kappa shape index (κ2) is 6.41. The molecule has 0 N–H and O–H groups in total. The number of hydrogen-bond donors (Lipinski definition) is 0. The molecule has 4 saturated heterocycles. The van der Waals surface area contributed by atoms with Crippen LogP contribution in [0, 0.1) is 19.8 Å². The van der Waals surface area contributed by atoms with E-state index in [9.17, 15) is 4.79 Å². The van der Waals surface area contributed by atoms with Gasteiger partial charge in [0.2, 0.25) is 0 Å². The SMILES string of the molecule is Cc1ccc([C@@H]2CN(C(=O)c3cncnc3C)[C@@H]3C4CCN(CC4)[C@@H]32)cc1. The summed E-state index contributed by atoms with van der Waals surface area (Å²) in [4.78, 5) is 26.6. The molecule has 1 aromatic heterocycles. The lowest BCUT2D eigenvalue weighted by Crippen LogP contribution is -2.60. The number of hydrogen-bond acceptors (Lipinski definition) is 4. The molecule has 4 aliphatic heterocycles. The molecule has 2 aromatic rings. The molecule has 140 valence electrons. The quantitative estimate of drug-likeness (QED) is 0.824. The highest BCUT2D eigenvalue weighted by Crippen LogP contribution is 2.47. The zero-order valence-electron chi connectivity index (χ0n) is 16.0. The van der Waals surface area contributed by atoms with Crippen molar-refractivity contribution in [1.29, 1.82) is 0 Å². The van der Waals surface area contributed by atoms with Crippen LogP contribution in [0.25, 0.3) is 0 Å². The van der Waals surface area contributed by atoms with Crippen LogP contribution < -0.4 is 0 Å². The van der Waals surface area contributed by atoms with E-state index in [4.69, 9.17) is 0 Å². The number of nitrogens with zero attached hydrogens (tertiary/aromatic N) is 4. The van der Waals surface area contributed by atoms with Crippen molar-refractivity contribution in [3.8, 4) is 0 Å². The molecule has 1 amide bonds. The number of fused-ring (bicyclic) bond motifs is 2. The number of aryl methyl sites for hydroxylation is 2. The van der Waals surface area contributed by atoms with Crippen molar-refractivity contribution in [3.05, 3.63) is 59.2 Å². The minimum absolute atomic E-state index is 0.103. The summed E-state index contributed by atoms with van der Waals surface area (Å²) < 4.78 is 0. The maximum absolute atomic E-state index is 13.5. The van der Waals surface area contributed by atoms with Crippen molar-refractivity contribution >= 4 is 5.91 Å². The van der Waals surface area contributed by atoms with Gasteiger partial charge in [0.25, 0.3) is 5.91 Å². The first-order valence-corrected chi connectivity index (χ1v) is 10.0. The van der Waals surface area contributed by atoms with Gasteiger partial charge in [-0.05, 0) is 51.3 Å². The number of piperidine rings is 3. The standard InChI is InChI=1S/C22H26N4O/c1-14-3-5-16(6-4-14)19-12-26(22(27)18-11-23-13-24-15(18)2)20-17-7-9-25(10-8-17)21(19)20/h3-6,11,13,17,19-21H,7-10,12H2,1-2H3/t19-,20+,21+/m0/s1. The molecule has 6 rings (SSSR count). The second-order valence-corrected chi connectivity index (χ2v) is 8.35. The van der Waals surface area contributed by atoms with Crippen LogP contribution in [0.15, 0.2) is 36.8 Å². The molecule has 1 aromatic carbocycles. The van der Waals surface area contributed by atoms with Gasteiger partial charge < -0.3 is 4.90 Å². The van der Waals surface area contributed by atoms with Crippen LogP contribution in [0.1, 0.15) is 45.9 Å². The topological polar surface area (TPSA) is 49.3 Å². The summed E-state index contributed by atoms with van der Waals surface area (Å²) in [7, 11) is 0. The number of aromatic nitrogens is 2. The zero-order valence-corrected chi connectivity index (χ0v) is 16.0. The minimum Gasteiger partial charge on any atom is -0.333 e. The molecule has 0 unspecified atom stereocenters. The maximum atomic E-state index is 13.5. The Hall–Kier alpha value is -2.27. The Kier molecular flexibility index (Phi) is 4.01. The average molecular weight is 362 g/mol. The van der Waals surface area contributed by atoms with Crippen molar-refractivity contribution < 1.29 is 4.79 Å². The molecule has 4 fully saturated rings. The van der Waals surface area contributed by atoms with Gasteiger partial charge in [0.15, 0.2) is 0 Å². The van der Waals surface area contributed by atoms with Crippen molar-refractivity contribution in [1.82, 2.24) is 19.8 Å². The highest BCUT2D eigenvalue weighted by Gasteiger charge is 2.54. The third kappa shape index (κ3) is 2.67. The molecule has 3 atom stereocenters. The second-order valence-electron chi connectivity index (χ2n) is 8.35. The summed E-state index contributed by atoms with van der Waals surface area (Å²) >= 11 is 0. The Balaban J connectivity index is 1.53. The fourth-order valence-electron chi connectivity index (χ4n) is 5.52. The first-order valence-electron chi connectivity index (χ1n) is 10.0. The Labute approximate surface area is 160 Å². The normalized spacial score (nSPS) is 31.8. The van der Waals surface area contributed by atoms with Crippen LogP contribution in [0.2, 0.25) is 0 Å². The average Bonchev–Trinajstić information content (AvgIpc) is 3.12. The Morgan fingerprint density at radius 2 is 1.81 bits per heavy atom. The number of rotatable bonds is 2. The van der Waals surface area contributed by atoms with Gasteiger partial charge in [-0.2, -0.15) is 0 Å². The molecule has 2 bridgehead atoms. The molecule has 5 heteroatoms. The molecule has 0 aliphatic carbocycles. The summed E-state index contributed by atoms with van der Waals surface area (Å²) in [6, 6.07) is 9.65. The number of carbonyl (C=O) groups excluding carboxylic acids is 1. The smallest absolute Gasteiger partial charge is 0.257 e. The van der Waals surface area contributed by atoms with Gasteiger partial charge in [-0.3, -0.25) is 9.69 Å². The predicted octanol–water partition coefficient (Wildman–Crippen LogP) is 2.80. The van der Waals surface area contributed by atoms with Crippen LogP contribution in [-0.2, 0) is 0 Å². The molecule has 27 heavy (non-hydrogen) atoms. The van der Waals surface area contributed by atoms with Gasteiger partial charge in [0.1, 0.15) is 6.33 Å². The van der Waals surface area contributed by atoms with Gasteiger partial charge in [-0.25, -0.2) is 9.97 Å². The lowest BCUT2D eigenvalue weighted by atomic mass is 9.75.